The van der Waals surface area contributed by atoms with E-state index in [0.717, 1.165) is 32.0 Å². The highest BCUT2D eigenvalue weighted by Gasteiger charge is 2.22. The zero-order chi connectivity index (χ0) is 16.4. The molecule has 0 aromatic carbocycles. The molecule has 1 saturated heterocycles. The second-order valence-corrected chi connectivity index (χ2v) is 5.85. The van der Waals surface area contributed by atoms with Crippen molar-refractivity contribution in [1.82, 2.24) is 15.0 Å². The summed E-state index contributed by atoms with van der Waals surface area (Å²) in [5.74, 6) is 1.52. The molecular formula is C16H21FN6. The summed E-state index contributed by atoms with van der Waals surface area (Å²) in [7, 11) is 3.55. The molecule has 122 valence electrons. The molecule has 2 aromatic heterocycles. The van der Waals surface area contributed by atoms with Gasteiger partial charge >= 0.3 is 0 Å². The van der Waals surface area contributed by atoms with E-state index in [1.165, 1.54) is 11.8 Å². The molecule has 6 nitrogen and oxygen atoms in total. The van der Waals surface area contributed by atoms with E-state index < -0.39 is 5.82 Å². The molecular weight excluding hydrogens is 295 g/mol. The SMILES string of the molecule is Cc1cccnc1N1CCN(c2ncc(F)c(N(C)C)n2)CC1. The Morgan fingerprint density at radius 2 is 1.78 bits per heavy atom. The molecule has 0 N–H and O–H groups in total. The number of piperazine rings is 1. The first kappa shape index (κ1) is 15.5. The average Bonchev–Trinajstić information content (AvgIpc) is 2.56. The standard InChI is InChI=1S/C16H21FN6/c1-12-5-4-6-18-14(12)22-7-9-23(10-8-22)16-19-11-13(17)15(20-16)21(2)3/h4-6,11H,7-10H2,1-3H3. The third-order valence-corrected chi connectivity index (χ3v) is 3.98. The van der Waals surface area contributed by atoms with Gasteiger partial charge in [-0.25, -0.2) is 14.4 Å². The van der Waals surface area contributed by atoms with E-state index in [9.17, 15) is 4.39 Å². The molecule has 1 fully saturated rings. The average molecular weight is 316 g/mol. The molecule has 0 saturated carbocycles. The molecule has 2 aromatic rings. The van der Waals surface area contributed by atoms with Crippen molar-refractivity contribution < 1.29 is 4.39 Å². The Kier molecular flexibility index (Phi) is 4.27. The third-order valence-electron chi connectivity index (χ3n) is 3.98. The molecule has 3 rings (SSSR count). The van der Waals surface area contributed by atoms with Gasteiger partial charge in [-0.1, -0.05) is 6.07 Å². The van der Waals surface area contributed by atoms with Crippen LogP contribution in [0.3, 0.4) is 0 Å². The van der Waals surface area contributed by atoms with Gasteiger partial charge in [0, 0.05) is 46.5 Å². The molecule has 0 radical (unpaired) electrons. The summed E-state index contributed by atoms with van der Waals surface area (Å²) >= 11 is 0. The fourth-order valence-corrected chi connectivity index (χ4v) is 2.74. The van der Waals surface area contributed by atoms with Gasteiger partial charge in [0.15, 0.2) is 11.6 Å². The molecule has 1 aliphatic rings. The van der Waals surface area contributed by atoms with Crippen molar-refractivity contribution in [3.63, 3.8) is 0 Å². The number of anilines is 3. The van der Waals surface area contributed by atoms with Gasteiger partial charge in [-0.05, 0) is 18.6 Å². The molecule has 0 unspecified atom stereocenters. The lowest BCUT2D eigenvalue weighted by Gasteiger charge is -2.36. The minimum atomic E-state index is -0.401. The highest BCUT2D eigenvalue weighted by atomic mass is 19.1. The van der Waals surface area contributed by atoms with Crippen molar-refractivity contribution in [2.24, 2.45) is 0 Å². The van der Waals surface area contributed by atoms with Crippen molar-refractivity contribution in [2.45, 2.75) is 6.92 Å². The Hall–Kier alpha value is -2.44. The van der Waals surface area contributed by atoms with Crippen molar-refractivity contribution in [3.8, 4) is 0 Å². The van der Waals surface area contributed by atoms with Gasteiger partial charge in [0.05, 0.1) is 6.20 Å². The lowest BCUT2D eigenvalue weighted by Crippen LogP contribution is -2.47. The summed E-state index contributed by atoms with van der Waals surface area (Å²) < 4.78 is 13.7. The Morgan fingerprint density at radius 3 is 2.43 bits per heavy atom. The zero-order valence-electron chi connectivity index (χ0n) is 13.7. The molecule has 23 heavy (non-hydrogen) atoms. The summed E-state index contributed by atoms with van der Waals surface area (Å²) in [4.78, 5) is 19.0. The van der Waals surface area contributed by atoms with Crippen molar-refractivity contribution in [3.05, 3.63) is 35.9 Å². The third kappa shape index (κ3) is 3.18. The Balaban J connectivity index is 1.72. The van der Waals surface area contributed by atoms with E-state index in [1.54, 1.807) is 19.0 Å². The number of hydrogen-bond acceptors (Lipinski definition) is 6. The van der Waals surface area contributed by atoms with Gasteiger partial charge < -0.3 is 14.7 Å². The molecule has 0 spiro atoms. The molecule has 0 amide bonds. The monoisotopic (exact) mass is 316 g/mol. The minimum absolute atomic E-state index is 0.318. The van der Waals surface area contributed by atoms with Crippen LogP contribution in [-0.4, -0.2) is 55.2 Å². The summed E-state index contributed by atoms with van der Waals surface area (Å²) in [5, 5.41) is 0. The van der Waals surface area contributed by atoms with Crippen LogP contribution in [0, 0.1) is 12.7 Å². The number of hydrogen-bond donors (Lipinski definition) is 0. The van der Waals surface area contributed by atoms with Crippen molar-refractivity contribution in [2.75, 3.05) is 55.0 Å². The van der Waals surface area contributed by atoms with Crippen LogP contribution in [-0.2, 0) is 0 Å². The lowest BCUT2D eigenvalue weighted by molar-refractivity contribution is 0.600. The number of rotatable bonds is 3. The van der Waals surface area contributed by atoms with E-state index in [-0.39, 0.29) is 0 Å². The van der Waals surface area contributed by atoms with Crippen LogP contribution in [0.2, 0.25) is 0 Å². The Labute approximate surface area is 135 Å². The van der Waals surface area contributed by atoms with E-state index in [2.05, 4.69) is 37.7 Å². The predicted molar refractivity (Wildman–Crippen MR) is 89.7 cm³/mol. The number of aryl methyl sites for hydroxylation is 1. The van der Waals surface area contributed by atoms with Crippen LogP contribution in [0.1, 0.15) is 5.56 Å². The Morgan fingerprint density at radius 1 is 1.09 bits per heavy atom. The van der Waals surface area contributed by atoms with E-state index in [4.69, 9.17) is 0 Å². The Bertz CT molecular complexity index is 682. The van der Waals surface area contributed by atoms with E-state index in [1.807, 2.05) is 12.3 Å². The summed E-state index contributed by atoms with van der Waals surface area (Å²) in [5.41, 5.74) is 1.17. The zero-order valence-corrected chi connectivity index (χ0v) is 13.7. The number of halogens is 1. The molecule has 0 bridgehead atoms. The van der Waals surface area contributed by atoms with Gasteiger partial charge in [0.25, 0.3) is 0 Å². The molecule has 1 aliphatic heterocycles. The molecule has 0 atom stereocenters. The fourth-order valence-electron chi connectivity index (χ4n) is 2.74. The normalized spacial score (nSPS) is 15.0. The highest BCUT2D eigenvalue weighted by molar-refractivity contribution is 5.49. The largest absolute Gasteiger partial charge is 0.360 e. The van der Waals surface area contributed by atoms with E-state index in [0.29, 0.717) is 11.8 Å². The number of pyridine rings is 1. The molecule has 7 heteroatoms. The van der Waals surface area contributed by atoms with Gasteiger partial charge in [-0.15, -0.1) is 0 Å². The lowest BCUT2D eigenvalue weighted by atomic mass is 10.2. The van der Waals surface area contributed by atoms with Gasteiger partial charge in [-0.3, -0.25) is 0 Å². The first-order valence-electron chi connectivity index (χ1n) is 7.67. The van der Waals surface area contributed by atoms with Crippen LogP contribution >= 0.6 is 0 Å². The second-order valence-electron chi connectivity index (χ2n) is 5.85. The maximum atomic E-state index is 13.7. The summed E-state index contributed by atoms with van der Waals surface area (Å²) in [6.07, 6.45) is 3.06. The van der Waals surface area contributed by atoms with E-state index >= 15 is 0 Å². The van der Waals surface area contributed by atoms with Crippen LogP contribution in [0.15, 0.2) is 24.5 Å². The van der Waals surface area contributed by atoms with Crippen molar-refractivity contribution >= 4 is 17.6 Å². The van der Waals surface area contributed by atoms with Gasteiger partial charge in [-0.2, -0.15) is 4.98 Å². The maximum absolute atomic E-state index is 13.7. The van der Waals surface area contributed by atoms with Crippen molar-refractivity contribution in [1.29, 1.82) is 0 Å². The van der Waals surface area contributed by atoms with Crippen LogP contribution in [0.5, 0.6) is 0 Å². The van der Waals surface area contributed by atoms with Crippen LogP contribution in [0.25, 0.3) is 0 Å². The van der Waals surface area contributed by atoms with Gasteiger partial charge in [0.2, 0.25) is 5.95 Å². The predicted octanol–water partition coefficient (Wildman–Crippen LogP) is 1.71. The first-order valence-corrected chi connectivity index (χ1v) is 7.67. The summed E-state index contributed by atoms with van der Waals surface area (Å²) in [6, 6.07) is 4.02. The quantitative estimate of drug-likeness (QED) is 0.859. The number of aromatic nitrogens is 3. The number of nitrogens with zero attached hydrogens (tertiary/aromatic N) is 6. The van der Waals surface area contributed by atoms with Crippen LogP contribution in [0.4, 0.5) is 22.0 Å². The van der Waals surface area contributed by atoms with Crippen LogP contribution < -0.4 is 14.7 Å². The van der Waals surface area contributed by atoms with Gasteiger partial charge in [0.1, 0.15) is 5.82 Å². The molecule has 3 heterocycles. The highest BCUT2D eigenvalue weighted by Crippen LogP contribution is 2.21. The smallest absolute Gasteiger partial charge is 0.227 e. The summed E-state index contributed by atoms with van der Waals surface area (Å²) in [6.45, 7) is 5.33. The topological polar surface area (TPSA) is 48.4 Å². The fraction of sp³-hybridized carbons (Fsp3) is 0.438. The minimum Gasteiger partial charge on any atom is -0.360 e. The first-order chi connectivity index (χ1) is 11.1. The maximum Gasteiger partial charge on any atom is 0.227 e. The molecule has 0 aliphatic carbocycles. The second kappa shape index (κ2) is 6.36.